The van der Waals surface area contributed by atoms with E-state index in [1.165, 1.54) is 38.7 Å². The van der Waals surface area contributed by atoms with Gasteiger partial charge < -0.3 is 4.74 Å². The number of hydrogen-bond donors (Lipinski definition) is 0. The van der Waals surface area contributed by atoms with E-state index in [0.29, 0.717) is 0 Å². The van der Waals surface area contributed by atoms with Crippen molar-refractivity contribution in [3.63, 3.8) is 0 Å². The molecular weight excluding hydrogens is 306 g/mol. The van der Waals surface area contributed by atoms with Gasteiger partial charge in [0.1, 0.15) is 12.8 Å². The van der Waals surface area contributed by atoms with Crippen LogP contribution in [-0.4, -0.2) is 0 Å². The molecule has 0 bridgehead atoms. The summed E-state index contributed by atoms with van der Waals surface area (Å²) in [4.78, 5) is 0. The first-order valence-corrected chi connectivity index (χ1v) is 8.98. The highest BCUT2D eigenvalue weighted by molar-refractivity contribution is 6.04. The van der Waals surface area contributed by atoms with E-state index in [9.17, 15) is 0 Å². The van der Waals surface area contributed by atoms with E-state index in [1.54, 1.807) is 0 Å². The van der Waals surface area contributed by atoms with Crippen LogP contribution in [0.25, 0.3) is 22.0 Å². The zero-order valence-electron chi connectivity index (χ0n) is 16.0. The van der Waals surface area contributed by atoms with Gasteiger partial charge in [0.15, 0.2) is 11.9 Å². The van der Waals surface area contributed by atoms with Gasteiger partial charge in [0.2, 0.25) is 0 Å². The van der Waals surface area contributed by atoms with Crippen LogP contribution in [0.4, 0.5) is 0 Å². The van der Waals surface area contributed by atoms with Crippen molar-refractivity contribution in [3.8, 4) is 22.8 Å². The van der Waals surface area contributed by atoms with Crippen molar-refractivity contribution in [2.45, 2.75) is 41.0 Å². The molecule has 0 aliphatic carbocycles. The van der Waals surface area contributed by atoms with Gasteiger partial charge >= 0.3 is 0 Å². The van der Waals surface area contributed by atoms with Crippen LogP contribution in [0.1, 0.15) is 37.5 Å². The Morgan fingerprint density at radius 1 is 1.04 bits per heavy atom. The van der Waals surface area contributed by atoms with Crippen molar-refractivity contribution < 1.29 is 9.30 Å². The SMILES string of the molecule is Cc1cc2cc(CC(C)(C)C)cc3c2c(c1C)-c1c(ccc[n+]1C)O3. The molecule has 1 aliphatic heterocycles. The topological polar surface area (TPSA) is 13.1 Å². The Balaban J connectivity index is 2.08. The number of aryl methyl sites for hydroxylation is 2. The van der Waals surface area contributed by atoms with Gasteiger partial charge in [-0.3, -0.25) is 0 Å². The molecule has 25 heavy (non-hydrogen) atoms. The fraction of sp³-hybridized carbons (Fsp3) is 0.348. The monoisotopic (exact) mass is 332 g/mol. The Morgan fingerprint density at radius 3 is 2.52 bits per heavy atom. The average molecular weight is 332 g/mol. The molecule has 2 nitrogen and oxygen atoms in total. The highest BCUT2D eigenvalue weighted by Gasteiger charge is 2.30. The first-order valence-electron chi connectivity index (χ1n) is 8.98. The lowest BCUT2D eigenvalue weighted by molar-refractivity contribution is -0.660. The van der Waals surface area contributed by atoms with Crippen LogP contribution in [-0.2, 0) is 13.5 Å². The number of nitrogens with zero attached hydrogens (tertiary/aromatic N) is 1. The summed E-state index contributed by atoms with van der Waals surface area (Å²) in [5, 5.41) is 2.53. The van der Waals surface area contributed by atoms with Gasteiger partial charge in [0.25, 0.3) is 5.69 Å². The Morgan fingerprint density at radius 2 is 1.80 bits per heavy atom. The van der Waals surface area contributed by atoms with E-state index in [-0.39, 0.29) is 5.41 Å². The Kier molecular flexibility index (Phi) is 3.44. The summed E-state index contributed by atoms with van der Waals surface area (Å²) >= 11 is 0. The minimum atomic E-state index is 0.252. The third kappa shape index (κ3) is 2.60. The molecule has 0 radical (unpaired) electrons. The van der Waals surface area contributed by atoms with Gasteiger partial charge in [0, 0.05) is 11.5 Å². The highest BCUT2D eigenvalue weighted by atomic mass is 16.5. The molecule has 0 spiro atoms. The van der Waals surface area contributed by atoms with Crippen molar-refractivity contribution in [2.75, 3.05) is 0 Å². The van der Waals surface area contributed by atoms with Crippen molar-refractivity contribution in [2.24, 2.45) is 12.5 Å². The molecule has 128 valence electrons. The van der Waals surface area contributed by atoms with Crippen molar-refractivity contribution in [3.05, 3.63) is 53.2 Å². The molecule has 3 aromatic rings. The summed E-state index contributed by atoms with van der Waals surface area (Å²) in [7, 11) is 2.09. The Hall–Kier alpha value is -2.35. The summed E-state index contributed by atoms with van der Waals surface area (Å²) < 4.78 is 8.53. The molecule has 0 N–H and O–H groups in total. The first kappa shape index (κ1) is 16.1. The molecule has 0 saturated heterocycles. The van der Waals surface area contributed by atoms with Gasteiger partial charge in [-0.1, -0.05) is 32.9 Å². The van der Waals surface area contributed by atoms with Crippen molar-refractivity contribution >= 4 is 10.8 Å². The number of benzene rings is 2. The van der Waals surface area contributed by atoms with Crippen LogP contribution < -0.4 is 9.30 Å². The zero-order chi connectivity index (χ0) is 17.9. The smallest absolute Gasteiger partial charge is 0.256 e. The number of aromatic nitrogens is 1. The quantitative estimate of drug-likeness (QED) is 0.411. The zero-order valence-corrected chi connectivity index (χ0v) is 16.0. The number of ether oxygens (including phenoxy) is 1. The molecule has 1 aliphatic rings. The van der Waals surface area contributed by atoms with Crippen LogP contribution in [0.2, 0.25) is 0 Å². The molecule has 0 unspecified atom stereocenters. The molecule has 0 atom stereocenters. The number of hydrogen-bond acceptors (Lipinski definition) is 1. The largest absolute Gasteiger partial charge is 0.450 e. The fourth-order valence-electron chi connectivity index (χ4n) is 3.98. The van der Waals surface area contributed by atoms with Crippen LogP contribution in [0.3, 0.4) is 0 Å². The van der Waals surface area contributed by atoms with E-state index in [4.69, 9.17) is 4.74 Å². The average Bonchev–Trinajstić information content (AvgIpc) is 2.49. The lowest BCUT2D eigenvalue weighted by Gasteiger charge is -2.24. The predicted molar refractivity (Wildman–Crippen MR) is 103 cm³/mol. The molecular formula is C23H26NO+. The first-order chi connectivity index (χ1) is 11.7. The number of rotatable bonds is 1. The third-order valence-electron chi connectivity index (χ3n) is 5.12. The van der Waals surface area contributed by atoms with E-state index < -0.39 is 0 Å². The molecule has 0 saturated carbocycles. The second-order valence-corrected chi connectivity index (χ2v) is 8.56. The van der Waals surface area contributed by atoms with Crippen molar-refractivity contribution in [1.29, 1.82) is 0 Å². The molecule has 2 heteroatoms. The van der Waals surface area contributed by atoms with E-state index >= 15 is 0 Å². The van der Waals surface area contributed by atoms with Crippen LogP contribution in [0, 0.1) is 19.3 Å². The number of fused-ring (bicyclic) bond motifs is 2. The van der Waals surface area contributed by atoms with E-state index in [1.807, 2.05) is 6.07 Å². The summed E-state index contributed by atoms with van der Waals surface area (Å²) in [5.74, 6) is 1.94. The lowest BCUT2D eigenvalue weighted by Crippen LogP contribution is -2.31. The van der Waals surface area contributed by atoms with Gasteiger partial charge in [-0.05, 0) is 59.9 Å². The molecule has 0 fully saturated rings. The summed E-state index contributed by atoms with van der Waals surface area (Å²) in [6.45, 7) is 11.3. The molecule has 0 amide bonds. The van der Waals surface area contributed by atoms with Crippen LogP contribution in [0.5, 0.6) is 11.5 Å². The minimum Gasteiger partial charge on any atom is -0.450 e. The van der Waals surface area contributed by atoms with Gasteiger partial charge in [-0.2, -0.15) is 4.57 Å². The Labute approximate surface area is 150 Å². The maximum atomic E-state index is 6.36. The molecule has 2 aromatic carbocycles. The standard InChI is InChI=1S/C23H26NO/c1-14-10-17-11-16(13-23(3,4)5)12-19-21(17)20(15(14)2)22-18(25-19)8-7-9-24(22)6/h7-12H,13H2,1-6H3/q+1. The van der Waals surface area contributed by atoms with Crippen LogP contribution >= 0.6 is 0 Å². The molecule has 2 heterocycles. The van der Waals surface area contributed by atoms with E-state index in [2.05, 4.69) is 76.7 Å². The summed E-state index contributed by atoms with van der Waals surface area (Å²) in [5.41, 5.74) is 6.75. The van der Waals surface area contributed by atoms with E-state index in [0.717, 1.165) is 17.9 Å². The Bertz CT molecular complexity index is 1010. The normalized spacial score (nSPS) is 12.9. The molecule has 1 aromatic heterocycles. The lowest BCUT2D eigenvalue weighted by atomic mass is 9.85. The summed E-state index contributed by atoms with van der Waals surface area (Å²) in [6.07, 6.45) is 3.13. The third-order valence-corrected chi connectivity index (χ3v) is 5.12. The van der Waals surface area contributed by atoms with Gasteiger partial charge in [-0.25, -0.2) is 0 Å². The summed E-state index contributed by atoms with van der Waals surface area (Å²) in [6, 6.07) is 11.0. The molecule has 4 rings (SSSR count). The minimum absolute atomic E-state index is 0.252. The van der Waals surface area contributed by atoms with Gasteiger partial charge in [0.05, 0.1) is 5.56 Å². The second kappa shape index (κ2) is 5.32. The second-order valence-electron chi connectivity index (χ2n) is 8.56. The predicted octanol–water partition coefficient (Wildman–Crippen LogP) is 5.64. The number of pyridine rings is 1. The van der Waals surface area contributed by atoms with Crippen molar-refractivity contribution in [1.82, 2.24) is 0 Å². The highest BCUT2D eigenvalue weighted by Crippen LogP contribution is 2.47. The van der Waals surface area contributed by atoms with Gasteiger partial charge in [-0.15, -0.1) is 0 Å². The maximum absolute atomic E-state index is 6.36. The fourth-order valence-corrected chi connectivity index (χ4v) is 3.98. The van der Waals surface area contributed by atoms with Crippen LogP contribution in [0.15, 0.2) is 36.5 Å². The maximum Gasteiger partial charge on any atom is 0.256 e.